The van der Waals surface area contributed by atoms with Crippen LogP contribution < -0.4 is 17.0 Å². The lowest BCUT2D eigenvalue weighted by molar-refractivity contribution is 0.553. The van der Waals surface area contributed by atoms with Crippen LogP contribution >= 0.6 is 0 Å². The van der Waals surface area contributed by atoms with E-state index in [1.54, 1.807) is 18.7 Å². The Bertz CT molecular complexity index is 447. The molecule has 16 heavy (non-hydrogen) atoms. The molecule has 0 amide bonds. The molecule has 0 aliphatic heterocycles. The lowest BCUT2D eigenvalue weighted by Crippen LogP contribution is -2.30. The zero-order chi connectivity index (χ0) is 11.5. The minimum atomic E-state index is -0.201. The van der Waals surface area contributed by atoms with E-state index in [-0.39, 0.29) is 6.04 Å². The largest absolute Gasteiger partial charge is 0.472 e. The number of hydrazine groups is 1. The Morgan fingerprint density at radius 3 is 2.81 bits per heavy atom. The number of anilines is 1. The fourth-order valence-electron chi connectivity index (χ4n) is 1.75. The standard InChI is InChI=1S/C11H14N4O/c1-7-2-4-14-11(12)9(7)10(15-13)8-3-5-16-6-8/h2-6,10,15H,13H2,1H3,(H2,12,14). The fraction of sp³-hybridized carbons (Fsp3) is 0.182. The maximum absolute atomic E-state index is 5.87. The van der Waals surface area contributed by atoms with Crippen LogP contribution in [0.2, 0.25) is 0 Å². The normalized spacial score (nSPS) is 12.6. The van der Waals surface area contributed by atoms with Crippen LogP contribution in [0.1, 0.15) is 22.7 Å². The van der Waals surface area contributed by atoms with E-state index in [4.69, 9.17) is 16.0 Å². The van der Waals surface area contributed by atoms with Gasteiger partial charge >= 0.3 is 0 Å². The number of hydrogen-bond acceptors (Lipinski definition) is 5. The third-order valence-electron chi connectivity index (χ3n) is 2.57. The molecule has 5 heteroatoms. The summed E-state index contributed by atoms with van der Waals surface area (Å²) in [6.45, 7) is 1.97. The highest BCUT2D eigenvalue weighted by Crippen LogP contribution is 2.27. The van der Waals surface area contributed by atoms with E-state index in [9.17, 15) is 0 Å². The molecule has 1 unspecified atom stereocenters. The van der Waals surface area contributed by atoms with Gasteiger partial charge in [0.2, 0.25) is 0 Å². The number of nitrogen functional groups attached to an aromatic ring is 1. The van der Waals surface area contributed by atoms with Crippen molar-refractivity contribution in [1.29, 1.82) is 0 Å². The Morgan fingerprint density at radius 1 is 1.44 bits per heavy atom. The predicted octanol–water partition coefficient (Wildman–Crippen LogP) is 1.12. The molecular formula is C11H14N4O. The molecule has 0 radical (unpaired) electrons. The fourth-order valence-corrected chi connectivity index (χ4v) is 1.75. The summed E-state index contributed by atoms with van der Waals surface area (Å²) in [6.07, 6.45) is 4.91. The van der Waals surface area contributed by atoms with Gasteiger partial charge in [0.25, 0.3) is 0 Å². The Labute approximate surface area is 93.4 Å². The number of nitrogens with one attached hydrogen (secondary N) is 1. The molecule has 0 bridgehead atoms. The van der Waals surface area contributed by atoms with Gasteiger partial charge in [0, 0.05) is 17.3 Å². The summed E-state index contributed by atoms with van der Waals surface area (Å²) in [4.78, 5) is 4.07. The van der Waals surface area contributed by atoms with Crippen LogP contribution in [0.5, 0.6) is 0 Å². The number of pyridine rings is 1. The Balaban J connectivity index is 2.49. The van der Waals surface area contributed by atoms with Crippen LogP contribution in [0, 0.1) is 6.92 Å². The zero-order valence-corrected chi connectivity index (χ0v) is 8.97. The SMILES string of the molecule is Cc1ccnc(N)c1C(NN)c1ccoc1. The van der Waals surface area contributed by atoms with Crippen LogP contribution in [0.4, 0.5) is 5.82 Å². The van der Waals surface area contributed by atoms with Gasteiger partial charge in [0.15, 0.2) is 0 Å². The molecule has 0 aliphatic rings. The lowest BCUT2D eigenvalue weighted by Gasteiger charge is -2.18. The average molecular weight is 218 g/mol. The van der Waals surface area contributed by atoms with E-state index >= 15 is 0 Å². The summed E-state index contributed by atoms with van der Waals surface area (Å²) in [6, 6.07) is 3.54. The first-order valence-corrected chi connectivity index (χ1v) is 4.93. The minimum absolute atomic E-state index is 0.201. The second kappa shape index (κ2) is 4.34. The van der Waals surface area contributed by atoms with Crippen molar-refractivity contribution in [3.05, 3.63) is 47.5 Å². The highest BCUT2D eigenvalue weighted by molar-refractivity contribution is 5.49. The molecule has 1 atom stereocenters. The first-order valence-electron chi connectivity index (χ1n) is 4.93. The zero-order valence-electron chi connectivity index (χ0n) is 8.97. The highest BCUT2D eigenvalue weighted by atomic mass is 16.3. The molecule has 5 N–H and O–H groups in total. The van der Waals surface area contributed by atoms with Crippen molar-refractivity contribution in [3.8, 4) is 0 Å². The molecule has 0 saturated heterocycles. The third-order valence-corrected chi connectivity index (χ3v) is 2.57. The topological polar surface area (TPSA) is 90.1 Å². The number of furan rings is 1. The van der Waals surface area contributed by atoms with Crippen molar-refractivity contribution in [2.45, 2.75) is 13.0 Å². The van der Waals surface area contributed by atoms with Gasteiger partial charge in [0.1, 0.15) is 5.82 Å². The molecule has 0 spiro atoms. The van der Waals surface area contributed by atoms with Crippen molar-refractivity contribution in [3.63, 3.8) is 0 Å². The van der Waals surface area contributed by atoms with Crippen molar-refractivity contribution >= 4 is 5.82 Å². The number of nitrogens with zero attached hydrogens (tertiary/aromatic N) is 1. The minimum Gasteiger partial charge on any atom is -0.472 e. The molecule has 2 aromatic rings. The molecule has 0 aliphatic carbocycles. The maximum Gasteiger partial charge on any atom is 0.128 e. The average Bonchev–Trinajstić information content (AvgIpc) is 2.77. The van der Waals surface area contributed by atoms with Gasteiger partial charge in [-0.05, 0) is 24.6 Å². The summed E-state index contributed by atoms with van der Waals surface area (Å²) < 4.78 is 5.04. The molecule has 84 valence electrons. The first kappa shape index (κ1) is 10.7. The van der Waals surface area contributed by atoms with Gasteiger partial charge in [-0.15, -0.1) is 0 Å². The smallest absolute Gasteiger partial charge is 0.128 e. The third kappa shape index (κ3) is 1.78. The maximum atomic E-state index is 5.87. The summed E-state index contributed by atoms with van der Waals surface area (Å²) in [5.74, 6) is 6.03. The number of rotatable bonds is 3. The first-order chi connectivity index (χ1) is 7.74. The second-order valence-electron chi connectivity index (χ2n) is 3.58. The van der Waals surface area contributed by atoms with Crippen LogP contribution in [0.3, 0.4) is 0 Å². The number of hydrogen-bond donors (Lipinski definition) is 3. The summed E-state index contributed by atoms with van der Waals surface area (Å²) >= 11 is 0. The van der Waals surface area contributed by atoms with Crippen LogP contribution in [0.25, 0.3) is 0 Å². The van der Waals surface area contributed by atoms with E-state index in [0.29, 0.717) is 5.82 Å². The van der Waals surface area contributed by atoms with Crippen LogP contribution in [-0.2, 0) is 0 Å². The van der Waals surface area contributed by atoms with Gasteiger partial charge in [-0.2, -0.15) is 0 Å². The van der Waals surface area contributed by atoms with Gasteiger partial charge < -0.3 is 10.2 Å². The predicted molar refractivity (Wildman–Crippen MR) is 61.3 cm³/mol. The van der Waals surface area contributed by atoms with Crippen molar-refractivity contribution in [2.24, 2.45) is 5.84 Å². The molecule has 2 rings (SSSR count). The molecule has 2 heterocycles. The van der Waals surface area contributed by atoms with E-state index < -0.39 is 0 Å². The van der Waals surface area contributed by atoms with Gasteiger partial charge in [-0.25, -0.2) is 10.4 Å². The van der Waals surface area contributed by atoms with Crippen LogP contribution in [0.15, 0.2) is 35.3 Å². The molecule has 5 nitrogen and oxygen atoms in total. The van der Waals surface area contributed by atoms with E-state index in [1.807, 2.05) is 19.1 Å². The van der Waals surface area contributed by atoms with Crippen molar-refractivity contribution < 1.29 is 4.42 Å². The molecule has 0 fully saturated rings. The summed E-state index contributed by atoms with van der Waals surface area (Å²) in [7, 11) is 0. The van der Waals surface area contributed by atoms with E-state index in [0.717, 1.165) is 16.7 Å². The number of nitrogens with two attached hydrogens (primary N) is 2. The quantitative estimate of drug-likeness (QED) is 0.530. The second-order valence-corrected chi connectivity index (χ2v) is 3.58. The molecule has 0 aromatic carbocycles. The summed E-state index contributed by atoms with van der Waals surface area (Å²) in [5, 5.41) is 0. The highest BCUT2D eigenvalue weighted by Gasteiger charge is 2.18. The van der Waals surface area contributed by atoms with Crippen molar-refractivity contribution in [1.82, 2.24) is 10.4 Å². The number of aryl methyl sites for hydroxylation is 1. The van der Waals surface area contributed by atoms with Gasteiger partial charge in [-0.1, -0.05) is 0 Å². The lowest BCUT2D eigenvalue weighted by atomic mass is 9.98. The Hall–Kier alpha value is -1.85. The van der Waals surface area contributed by atoms with Crippen molar-refractivity contribution in [2.75, 3.05) is 5.73 Å². The van der Waals surface area contributed by atoms with E-state index in [1.165, 1.54) is 0 Å². The summed E-state index contributed by atoms with van der Waals surface area (Å²) in [5.41, 5.74) is 11.4. The van der Waals surface area contributed by atoms with Gasteiger partial charge in [0.05, 0.1) is 18.6 Å². The van der Waals surface area contributed by atoms with E-state index in [2.05, 4.69) is 10.4 Å². The molecular weight excluding hydrogens is 204 g/mol. The number of aromatic nitrogens is 1. The van der Waals surface area contributed by atoms with Crippen LogP contribution in [-0.4, -0.2) is 4.98 Å². The van der Waals surface area contributed by atoms with Gasteiger partial charge in [-0.3, -0.25) is 5.84 Å². The Morgan fingerprint density at radius 2 is 2.25 bits per heavy atom. The molecule has 2 aromatic heterocycles. The molecule has 0 saturated carbocycles. The Kier molecular flexibility index (Phi) is 2.89. The monoisotopic (exact) mass is 218 g/mol.